The van der Waals surface area contributed by atoms with Gasteiger partial charge in [-0.2, -0.15) is 0 Å². The lowest BCUT2D eigenvalue weighted by Gasteiger charge is -2.17. The number of halogens is 2. The van der Waals surface area contributed by atoms with Crippen molar-refractivity contribution in [3.63, 3.8) is 0 Å². The largest absolute Gasteiger partial charge is 0.491 e. The first-order chi connectivity index (χ1) is 10.9. The van der Waals surface area contributed by atoms with Gasteiger partial charge >= 0.3 is 6.09 Å². The fourth-order valence-electron chi connectivity index (χ4n) is 2.59. The Morgan fingerprint density at radius 3 is 2.87 bits per heavy atom. The maximum atomic E-state index is 13.2. The predicted octanol–water partition coefficient (Wildman–Crippen LogP) is 2.00. The average molecular weight is 347 g/mol. The molecule has 1 unspecified atom stereocenters. The number of hydrogen-bond acceptors (Lipinski definition) is 4. The van der Waals surface area contributed by atoms with Crippen molar-refractivity contribution in [1.82, 2.24) is 10.6 Å². The number of aliphatic hydroxyl groups excluding tert-OH is 1. The third kappa shape index (κ3) is 5.85. The Morgan fingerprint density at radius 2 is 2.17 bits per heavy atom. The first-order valence-electron chi connectivity index (χ1n) is 7.43. The summed E-state index contributed by atoms with van der Waals surface area (Å²) in [5.41, 5.74) is 0. The number of carbonyl (C=O) groups is 1. The fraction of sp³-hybridized carbons (Fsp3) is 0.533. The highest BCUT2D eigenvalue weighted by Crippen LogP contribution is 2.21. The van der Waals surface area contributed by atoms with Crippen LogP contribution in [0.5, 0.6) is 5.75 Å². The molecular weight excluding hydrogens is 327 g/mol. The van der Waals surface area contributed by atoms with Gasteiger partial charge in [0.05, 0.1) is 5.02 Å². The molecule has 8 heteroatoms. The third-order valence-corrected chi connectivity index (χ3v) is 4.04. The molecule has 4 N–H and O–H groups in total. The summed E-state index contributed by atoms with van der Waals surface area (Å²) in [6.07, 6.45) is 0.559. The van der Waals surface area contributed by atoms with Crippen LogP contribution in [0.4, 0.5) is 9.18 Å². The van der Waals surface area contributed by atoms with Crippen LogP contribution in [0.3, 0.4) is 0 Å². The molecule has 0 aromatic heterocycles. The van der Waals surface area contributed by atoms with E-state index in [2.05, 4.69) is 10.6 Å². The smallest absolute Gasteiger partial charge is 0.404 e. The van der Waals surface area contributed by atoms with Crippen molar-refractivity contribution in [2.24, 2.45) is 0 Å². The first kappa shape index (κ1) is 17.8. The van der Waals surface area contributed by atoms with Crippen LogP contribution < -0.4 is 15.4 Å². The molecule has 23 heavy (non-hydrogen) atoms. The third-order valence-electron chi connectivity index (χ3n) is 3.74. The van der Waals surface area contributed by atoms with Gasteiger partial charge in [0.15, 0.2) is 0 Å². The van der Waals surface area contributed by atoms with Gasteiger partial charge in [0, 0.05) is 24.7 Å². The Balaban J connectivity index is 1.66. The van der Waals surface area contributed by atoms with Crippen LogP contribution in [0.25, 0.3) is 0 Å². The van der Waals surface area contributed by atoms with Crippen molar-refractivity contribution in [3.8, 4) is 5.75 Å². The van der Waals surface area contributed by atoms with Crippen molar-refractivity contribution in [2.75, 3.05) is 13.2 Å². The lowest BCUT2D eigenvalue weighted by Crippen LogP contribution is -2.38. The molecule has 0 radical (unpaired) electrons. The van der Waals surface area contributed by atoms with Gasteiger partial charge in [0.25, 0.3) is 0 Å². The minimum atomic E-state index is -1.01. The number of rotatable bonds is 7. The van der Waals surface area contributed by atoms with Gasteiger partial charge in [-0.3, -0.25) is 0 Å². The molecule has 0 aliphatic heterocycles. The Bertz CT molecular complexity index is 546. The van der Waals surface area contributed by atoms with Crippen molar-refractivity contribution in [3.05, 3.63) is 29.0 Å². The van der Waals surface area contributed by atoms with Gasteiger partial charge in [-0.05, 0) is 31.4 Å². The second-order valence-corrected chi connectivity index (χ2v) is 6.01. The van der Waals surface area contributed by atoms with E-state index in [4.69, 9.17) is 21.4 Å². The molecule has 1 saturated carbocycles. The minimum Gasteiger partial charge on any atom is -0.491 e. The molecule has 1 aliphatic rings. The zero-order valence-electron chi connectivity index (χ0n) is 12.5. The highest BCUT2D eigenvalue weighted by atomic mass is 35.5. The highest BCUT2D eigenvalue weighted by molar-refractivity contribution is 6.30. The second kappa shape index (κ2) is 8.33. The van der Waals surface area contributed by atoms with Gasteiger partial charge in [-0.1, -0.05) is 11.6 Å². The predicted molar refractivity (Wildman–Crippen MR) is 83.5 cm³/mol. The first-order valence-corrected chi connectivity index (χ1v) is 7.80. The number of carboxylic acid groups (broad SMARTS) is 1. The molecular formula is C15H20ClFN2O4. The van der Waals surface area contributed by atoms with Gasteiger partial charge in [-0.25, -0.2) is 9.18 Å². The second-order valence-electron chi connectivity index (χ2n) is 5.61. The summed E-state index contributed by atoms with van der Waals surface area (Å²) in [5.74, 6) is -0.266. The molecule has 2 rings (SSSR count). The number of amides is 1. The molecule has 128 valence electrons. The molecule has 1 aliphatic carbocycles. The summed E-state index contributed by atoms with van der Waals surface area (Å²) in [6.45, 7) is 0.345. The zero-order chi connectivity index (χ0) is 16.8. The number of ether oxygens (including phenoxy) is 1. The quantitative estimate of drug-likeness (QED) is 0.606. The Labute approximate surface area is 138 Å². The maximum Gasteiger partial charge on any atom is 0.404 e. The van der Waals surface area contributed by atoms with Crippen molar-refractivity contribution in [1.29, 1.82) is 0 Å². The Morgan fingerprint density at radius 1 is 1.43 bits per heavy atom. The van der Waals surface area contributed by atoms with E-state index in [0.717, 1.165) is 12.8 Å². The van der Waals surface area contributed by atoms with Crippen LogP contribution in [-0.2, 0) is 0 Å². The summed E-state index contributed by atoms with van der Waals surface area (Å²) >= 11 is 5.58. The molecule has 1 aromatic carbocycles. The molecule has 0 bridgehead atoms. The average Bonchev–Trinajstić information content (AvgIpc) is 2.93. The highest BCUT2D eigenvalue weighted by Gasteiger charge is 2.25. The topological polar surface area (TPSA) is 90.8 Å². The van der Waals surface area contributed by atoms with Gasteiger partial charge in [0.1, 0.15) is 24.3 Å². The van der Waals surface area contributed by atoms with Crippen LogP contribution in [-0.4, -0.2) is 47.6 Å². The van der Waals surface area contributed by atoms with Crippen LogP contribution in [0.15, 0.2) is 18.2 Å². The van der Waals surface area contributed by atoms with E-state index < -0.39 is 18.0 Å². The van der Waals surface area contributed by atoms with Crippen LogP contribution in [0, 0.1) is 5.82 Å². The summed E-state index contributed by atoms with van der Waals surface area (Å²) in [5, 5.41) is 24.2. The van der Waals surface area contributed by atoms with E-state index in [-0.39, 0.29) is 23.7 Å². The van der Waals surface area contributed by atoms with Crippen LogP contribution >= 0.6 is 11.6 Å². The van der Waals surface area contributed by atoms with E-state index in [1.165, 1.54) is 18.2 Å². The fourth-order valence-corrected chi connectivity index (χ4v) is 2.71. The maximum absolute atomic E-state index is 13.2. The van der Waals surface area contributed by atoms with Gasteiger partial charge in [0.2, 0.25) is 0 Å². The molecule has 1 aromatic rings. The summed E-state index contributed by atoms with van der Waals surface area (Å²) in [4.78, 5) is 10.6. The number of nitrogens with one attached hydrogen (secondary N) is 2. The standard InChI is InChI=1S/C15H20ClFN2O4/c16-13-4-3-12(6-14(13)17)23-8-11(20)7-18-9-1-2-10(5-9)19-15(21)22/h3-4,6,9-11,18-20H,1-2,5,7-8H2,(H,21,22)/t9-,10?,11-/m0/s1. The minimum absolute atomic E-state index is 0.0188. The van der Waals surface area contributed by atoms with Crippen molar-refractivity contribution < 1.29 is 24.1 Å². The van der Waals surface area contributed by atoms with E-state index in [1.54, 1.807) is 0 Å². The number of benzene rings is 1. The molecule has 3 atom stereocenters. The normalized spacial score (nSPS) is 21.9. The van der Waals surface area contributed by atoms with E-state index >= 15 is 0 Å². The van der Waals surface area contributed by atoms with Gasteiger partial charge in [-0.15, -0.1) is 0 Å². The number of aliphatic hydroxyl groups is 1. The van der Waals surface area contributed by atoms with E-state index in [0.29, 0.717) is 18.7 Å². The Hall–Kier alpha value is -1.57. The van der Waals surface area contributed by atoms with E-state index in [1.807, 2.05) is 0 Å². The SMILES string of the molecule is O=C(O)NC1CC[C@H](NC[C@H](O)COc2ccc(Cl)c(F)c2)C1. The van der Waals surface area contributed by atoms with Gasteiger partial charge < -0.3 is 25.6 Å². The zero-order valence-corrected chi connectivity index (χ0v) is 13.2. The summed E-state index contributed by atoms with van der Waals surface area (Å²) < 4.78 is 18.6. The van der Waals surface area contributed by atoms with Crippen molar-refractivity contribution in [2.45, 2.75) is 37.5 Å². The monoisotopic (exact) mass is 346 g/mol. The molecule has 0 saturated heterocycles. The molecule has 0 heterocycles. The Kier molecular flexibility index (Phi) is 6.44. The lowest BCUT2D eigenvalue weighted by atomic mass is 10.2. The lowest BCUT2D eigenvalue weighted by molar-refractivity contribution is 0.103. The molecule has 1 amide bonds. The van der Waals surface area contributed by atoms with Crippen molar-refractivity contribution >= 4 is 17.7 Å². The molecule has 6 nitrogen and oxygen atoms in total. The molecule has 0 spiro atoms. The number of hydrogen-bond donors (Lipinski definition) is 4. The van der Waals surface area contributed by atoms with Crippen LogP contribution in [0.2, 0.25) is 5.02 Å². The van der Waals surface area contributed by atoms with E-state index in [9.17, 15) is 14.3 Å². The summed E-state index contributed by atoms with van der Waals surface area (Å²) in [6, 6.07) is 4.21. The molecule has 1 fully saturated rings. The van der Waals surface area contributed by atoms with Crippen LogP contribution in [0.1, 0.15) is 19.3 Å². The summed E-state index contributed by atoms with van der Waals surface area (Å²) in [7, 11) is 0.